The molecule has 1 saturated heterocycles. The van der Waals surface area contributed by atoms with Gasteiger partial charge in [-0.3, -0.25) is 9.59 Å². The van der Waals surface area contributed by atoms with Gasteiger partial charge in [-0.25, -0.2) is 0 Å². The summed E-state index contributed by atoms with van der Waals surface area (Å²) in [6.07, 6.45) is 3.55. The van der Waals surface area contributed by atoms with E-state index < -0.39 is 0 Å². The highest BCUT2D eigenvalue weighted by atomic mass is 16.5. The van der Waals surface area contributed by atoms with Crippen LogP contribution in [0.2, 0.25) is 0 Å². The van der Waals surface area contributed by atoms with E-state index in [0.717, 1.165) is 25.9 Å². The minimum Gasteiger partial charge on any atom is -0.497 e. The third-order valence-corrected chi connectivity index (χ3v) is 4.96. The van der Waals surface area contributed by atoms with Crippen LogP contribution in [0.15, 0.2) is 53.1 Å². The highest BCUT2D eigenvalue weighted by Crippen LogP contribution is 2.28. The van der Waals surface area contributed by atoms with Crippen molar-refractivity contribution in [1.29, 1.82) is 0 Å². The summed E-state index contributed by atoms with van der Waals surface area (Å²) >= 11 is 0. The molecule has 1 aromatic heterocycles. The molecule has 0 atom stereocenters. The molecule has 0 saturated carbocycles. The van der Waals surface area contributed by atoms with Crippen molar-refractivity contribution in [2.75, 3.05) is 26.8 Å². The molecule has 1 aliphatic heterocycles. The molecule has 0 radical (unpaired) electrons. The number of rotatable bonds is 6. The van der Waals surface area contributed by atoms with E-state index in [1.165, 1.54) is 6.26 Å². The Morgan fingerprint density at radius 3 is 2.46 bits per heavy atom. The maximum absolute atomic E-state index is 12.9. The van der Waals surface area contributed by atoms with Crippen LogP contribution in [-0.4, -0.2) is 43.4 Å². The van der Waals surface area contributed by atoms with Crippen molar-refractivity contribution < 1.29 is 23.5 Å². The Labute approximate surface area is 162 Å². The molecule has 6 nitrogen and oxygen atoms in total. The number of likely N-dealkylation sites (tertiary alicyclic amines) is 1. The van der Waals surface area contributed by atoms with E-state index in [1.807, 2.05) is 4.90 Å². The van der Waals surface area contributed by atoms with Gasteiger partial charge >= 0.3 is 0 Å². The molecule has 3 aromatic rings. The number of furan rings is 1. The number of nitrogens with zero attached hydrogens (tertiary/aromatic N) is 1. The highest BCUT2D eigenvalue weighted by molar-refractivity contribution is 6.16. The summed E-state index contributed by atoms with van der Waals surface area (Å²) in [6.45, 7) is 1.58. The Kier molecular flexibility index (Phi) is 5.02. The van der Waals surface area contributed by atoms with Gasteiger partial charge in [-0.05, 0) is 55.3 Å². The summed E-state index contributed by atoms with van der Waals surface area (Å²) < 4.78 is 16.3. The van der Waals surface area contributed by atoms with Crippen LogP contribution in [0.4, 0.5) is 0 Å². The predicted molar refractivity (Wildman–Crippen MR) is 104 cm³/mol. The average Bonchev–Trinajstić information content (AvgIpc) is 3.41. The van der Waals surface area contributed by atoms with Crippen molar-refractivity contribution in [1.82, 2.24) is 4.90 Å². The van der Waals surface area contributed by atoms with Crippen molar-refractivity contribution in [2.45, 2.75) is 12.8 Å². The Balaban J connectivity index is 1.53. The number of ketones is 1. The molecule has 6 heteroatoms. The quantitative estimate of drug-likeness (QED) is 0.611. The molecule has 2 heterocycles. The fraction of sp³-hybridized carbons (Fsp3) is 0.273. The van der Waals surface area contributed by atoms with Gasteiger partial charge in [0, 0.05) is 24.0 Å². The minimum atomic E-state index is -0.147. The van der Waals surface area contributed by atoms with Crippen molar-refractivity contribution >= 4 is 22.7 Å². The summed E-state index contributed by atoms with van der Waals surface area (Å²) in [5.41, 5.74) is 1.59. The zero-order chi connectivity index (χ0) is 19.5. The molecule has 0 bridgehead atoms. The number of hydrogen-bond donors (Lipinski definition) is 0. The number of carbonyl (C=O) groups is 2. The fourth-order valence-electron chi connectivity index (χ4n) is 3.37. The van der Waals surface area contributed by atoms with Crippen molar-refractivity contribution in [2.24, 2.45) is 0 Å². The van der Waals surface area contributed by atoms with Crippen LogP contribution in [0.25, 0.3) is 11.0 Å². The molecular weight excluding hydrogens is 358 g/mol. The molecule has 0 unspecified atom stereocenters. The number of benzene rings is 2. The average molecular weight is 379 g/mol. The minimum absolute atomic E-state index is 0.00881. The Morgan fingerprint density at radius 1 is 1.04 bits per heavy atom. The van der Waals surface area contributed by atoms with Gasteiger partial charge in [-0.15, -0.1) is 0 Å². The summed E-state index contributed by atoms with van der Waals surface area (Å²) in [5.74, 6) is 1.06. The SMILES string of the molecule is COc1ccc(C(=O)c2coc3ccc(OCC(=O)N4CCCC4)cc23)cc1. The van der Waals surface area contributed by atoms with Gasteiger partial charge < -0.3 is 18.8 Å². The summed E-state index contributed by atoms with van der Waals surface area (Å²) in [6, 6.07) is 12.2. The van der Waals surface area contributed by atoms with Crippen molar-refractivity contribution in [3.05, 3.63) is 59.9 Å². The number of amides is 1. The number of ether oxygens (including phenoxy) is 2. The van der Waals surface area contributed by atoms with Gasteiger partial charge in [0.1, 0.15) is 23.3 Å². The monoisotopic (exact) mass is 379 g/mol. The van der Waals surface area contributed by atoms with Gasteiger partial charge in [0.2, 0.25) is 0 Å². The lowest BCUT2D eigenvalue weighted by Gasteiger charge is -2.15. The molecule has 0 aliphatic carbocycles. The Hall–Kier alpha value is -3.28. The zero-order valence-corrected chi connectivity index (χ0v) is 15.6. The van der Waals surface area contributed by atoms with Gasteiger partial charge in [-0.2, -0.15) is 0 Å². The molecule has 1 amide bonds. The number of fused-ring (bicyclic) bond motifs is 1. The summed E-state index contributed by atoms with van der Waals surface area (Å²) in [4.78, 5) is 26.8. The molecule has 1 aliphatic rings. The van der Waals surface area contributed by atoms with E-state index >= 15 is 0 Å². The molecule has 4 rings (SSSR count). The first-order valence-corrected chi connectivity index (χ1v) is 9.26. The molecule has 2 aromatic carbocycles. The highest BCUT2D eigenvalue weighted by Gasteiger charge is 2.19. The molecule has 144 valence electrons. The molecule has 0 N–H and O–H groups in total. The van der Waals surface area contributed by atoms with Gasteiger partial charge in [-0.1, -0.05) is 0 Å². The van der Waals surface area contributed by atoms with Crippen molar-refractivity contribution in [3.8, 4) is 11.5 Å². The fourth-order valence-corrected chi connectivity index (χ4v) is 3.37. The lowest BCUT2D eigenvalue weighted by molar-refractivity contribution is -0.132. The maximum atomic E-state index is 12.9. The van der Waals surface area contributed by atoms with E-state index in [4.69, 9.17) is 13.9 Å². The molecule has 0 spiro atoms. The smallest absolute Gasteiger partial charge is 0.260 e. The van der Waals surface area contributed by atoms with Gasteiger partial charge in [0.05, 0.1) is 12.7 Å². The van der Waals surface area contributed by atoms with Crippen LogP contribution in [-0.2, 0) is 4.79 Å². The summed E-state index contributed by atoms with van der Waals surface area (Å²) in [7, 11) is 1.58. The lowest BCUT2D eigenvalue weighted by atomic mass is 10.0. The maximum Gasteiger partial charge on any atom is 0.260 e. The molecule has 1 fully saturated rings. The first-order valence-electron chi connectivity index (χ1n) is 9.26. The van der Waals surface area contributed by atoms with Gasteiger partial charge in [0.15, 0.2) is 12.4 Å². The van der Waals surface area contributed by atoms with E-state index in [2.05, 4.69) is 0 Å². The summed E-state index contributed by atoms with van der Waals surface area (Å²) in [5, 5.41) is 0.659. The molecular formula is C22H21NO5. The normalized spacial score (nSPS) is 13.7. The number of methoxy groups -OCH3 is 1. The second-order valence-electron chi connectivity index (χ2n) is 6.74. The first-order chi connectivity index (χ1) is 13.7. The van der Waals surface area contributed by atoms with Crippen LogP contribution in [0.5, 0.6) is 11.5 Å². The standard InChI is InChI=1S/C22H21NO5/c1-26-16-6-4-15(5-7-16)22(25)19-13-28-20-9-8-17(12-18(19)20)27-14-21(24)23-10-2-3-11-23/h4-9,12-13H,2-3,10-11,14H2,1H3. The van der Waals surface area contributed by atoms with E-state index in [1.54, 1.807) is 49.6 Å². The van der Waals surface area contributed by atoms with Crippen LogP contribution in [0, 0.1) is 0 Å². The van der Waals surface area contributed by atoms with Gasteiger partial charge in [0.25, 0.3) is 5.91 Å². The van der Waals surface area contributed by atoms with Crippen molar-refractivity contribution in [3.63, 3.8) is 0 Å². The zero-order valence-electron chi connectivity index (χ0n) is 15.6. The van der Waals surface area contributed by atoms with E-state index in [-0.39, 0.29) is 18.3 Å². The Bertz CT molecular complexity index is 999. The third kappa shape index (κ3) is 3.58. The van der Waals surface area contributed by atoms with E-state index in [9.17, 15) is 9.59 Å². The predicted octanol–water partition coefficient (Wildman–Crippen LogP) is 3.67. The van der Waals surface area contributed by atoms with Crippen LogP contribution >= 0.6 is 0 Å². The van der Waals surface area contributed by atoms with Crippen LogP contribution in [0.3, 0.4) is 0 Å². The van der Waals surface area contributed by atoms with E-state index in [0.29, 0.717) is 33.6 Å². The first kappa shape index (κ1) is 18.1. The second kappa shape index (κ2) is 7.76. The number of carbonyl (C=O) groups excluding carboxylic acids is 2. The second-order valence-corrected chi connectivity index (χ2v) is 6.74. The topological polar surface area (TPSA) is 69.0 Å². The van der Waals surface area contributed by atoms with Crippen LogP contribution < -0.4 is 9.47 Å². The Morgan fingerprint density at radius 2 is 1.75 bits per heavy atom. The number of hydrogen-bond acceptors (Lipinski definition) is 5. The van der Waals surface area contributed by atoms with Crippen LogP contribution in [0.1, 0.15) is 28.8 Å². The third-order valence-electron chi connectivity index (χ3n) is 4.96. The lowest BCUT2D eigenvalue weighted by Crippen LogP contribution is -2.32. The molecule has 28 heavy (non-hydrogen) atoms. The largest absolute Gasteiger partial charge is 0.497 e.